The summed E-state index contributed by atoms with van der Waals surface area (Å²) in [6.45, 7) is 1.49. The maximum Gasteiger partial charge on any atom is 0.341 e. The van der Waals surface area contributed by atoms with Gasteiger partial charge in [0.05, 0.1) is 24.5 Å². The highest BCUT2D eigenvalue weighted by Crippen LogP contribution is 2.38. The summed E-state index contributed by atoms with van der Waals surface area (Å²) >= 11 is 0. The van der Waals surface area contributed by atoms with Gasteiger partial charge in [-0.15, -0.1) is 0 Å². The first-order valence-electron chi connectivity index (χ1n) is 11.9. The fourth-order valence-corrected chi connectivity index (χ4v) is 4.48. The zero-order valence-corrected chi connectivity index (χ0v) is 20.2. The van der Waals surface area contributed by atoms with Crippen molar-refractivity contribution in [1.29, 1.82) is 0 Å². The number of aromatic carboxylic acids is 1. The van der Waals surface area contributed by atoms with E-state index in [1.165, 1.54) is 12.4 Å². The Morgan fingerprint density at radius 2 is 1.84 bits per heavy atom. The van der Waals surface area contributed by atoms with E-state index in [4.69, 9.17) is 4.74 Å². The average molecular weight is 508 g/mol. The number of piperazine rings is 1. The van der Waals surface area contributed by atoms with Crippen LogP contribution in [0.4, 0.5) is 14.9 Å². The predicted molar refractivity (Wildman–Crippen MR) is 136 cm³/mol. The molecule has 37 heavy (non-hydrogen) atoms. The lowest BCUT2D eigenvalue weighted by atomic mass is 10.1. The Hall–Kier alpha value is -4.41. The number of hydrogen-bond donors (Lipinski definition) is 2. The SMILES string of the molecule is COc1ccc(/C=N/NC(=O)N2CCN(c3cc4c(cc3F)c(=O)c(C(=O)O)cn4C3CC3)CC2)cc1. The molecule has 2 fully saturated rings. The third-order valence-corrected chi connectivity index (χ3v) is 6.67. The lowest BCUT2D eigenvalue weighted by molar-refractivity contribution is 0.0694. The fourth-order valence-electron chi connectivity index (χ4n) is 4.48. The minimum atomic E-state index is -1.33. The van der Waals surface area contributed by atoms with E-state index < -0.39 is 17.2 Å². The van der Waals surface area contributed by atoms with Crippen LogP contribution in [0.15, 0.2) is 52.5 Å². The number of carbonyl (C=O) groups excluding carboxylic acids is 1. The van der Waals surface area contributed by atoms with E-state index in [2.05, 4.69) is 10.5 Å². The van der Waals surface area contributed by atoms with Crippen molar-refractivity contribution in [2.45, 2.75) is 18.9 Å². The van der Waals surface area contributed by atoms with Crippen LogP contribution in [0, 0.1) is 5.82 Å². The van der Waals surface area contributed by atoms with E-state index in [1.54, 1.807) is 34.8 Å². The predicted octanol–water partition coefficient (Wildman–Crippen LogP) is 3.05. The van der Waals surface area contributed by atoms with Crippen molar-refractivity contribution in [3.8, 4) is 5.75 Å². The maximum absolute atomic E-state index is 15.1. The Labute approximate surface area is 211 Å². The number of rotatable bonds is 6. The number of hydrazone groups is 1. The number of ether oxygens (including phenoxy) is 1. The van der Waals surface area contributed by atoms with Crippen LogP contribution in [-0.2, 0) is 0 Å². The number of carboxylic acids is 1. The van der Waals surface area contributed by atoms with Gasteiger partial charge in [-0.2, -0.15) is 5.10 Å². The highest BCUT2D eigenvalue weighted by atomic mass is 19.1. The van der Waals surface area contributed by atoms with Gasteiger partial charge >= 0.3 is 12.0 Å². The summed E-state index contributed by atoms with van der Waals surface area (Å²) in [5.74, 6) is -1.20. The number of nitrogens with one attached hydrogen (secondary N) is 1. The molecule has 0 radical (unpaired) electrons. The Balaban J connectivity index is 1.28. The molecule has 0 spiro atoms. The zero-order chi connectivity index (χ0) is 26.1. The third-order valence-electron chi connectivity index (χ3n) is 6.67. The second kappa shape index (κ2) is 9.92. The number of methoxy groups -OCH3 is 1. The number of benzene rings is 2. The number of carbonyl (C=O) groups is 2. The first-order valence-corrected chi connectivity index (χ1v) is 11.9. The first kappa shape index (κ1) is 24.3. The molecule has 1 aliphatic carbocycles. The van der Waals surface area contributed by atoms with Crippen molar-refractivity contribution in [2.24, 2.45) is 5.10 Å². The number of aromatic nitrogens is 1. The van der Waals surface area contributed by atoms with Crippen LogP contribution in [0.5, 0.6) is 5.75 Å². The molecule has 11 heteroatoms. The van der Waals surface area contributed by atoms with Crippen LogP contribution < -0.4 is 20.5 Å². The van der Waals surface area contributed by atoms with Crippen molar-refractivity contribution < 1.29 is 23.8 Å². The van der Waals surface area contributed by atoms with Gasteiger partial charge in [0.1, 0.15) is 17.1 Å². The fraction of sp³-hybridized carbons (Fsp3) is 0.308. The van der Waals surface area contributed by atoms with Crippen molar-refractivity contribution >= 4 is 34.8 Å². The van der Waals surface area contributed by atoms with Crippen LogP contribution in [0.25, 0.3) is 10.9 Å². The summed E-state index contributed by atoms with van der Waals surface area (Å²) in [6.07, 6.45) is 4.64. The van der Waals surface area contributed by atoms with Crippen LogP contribution in [0.2, 0.25) is 0 Å². The number of nitrogens with zero attached hydrogens (tertiary/aromatic N) is 4. The van der Waals surface area contributed by atoms with Gasteiger partial charge in [-0.05, 0) is 54.8 Å². The van der Waals surface area contributed by atoms with Crippen LogP contribution in [0.3, 0.4) is 0 Å². The number of pyridine rings is 1. The van der Waals surface area contributed by atoms with E-state index in [0.29, 0.717) is 37.4 Å². The molecule has 2 N–H and O–H groups in total. The Morgan fingerprint density at radius 3 is 2.46 bits per heavy atom. The van der Waals surface area contributed by atoms with Gasteiger partial charge in [0, 0.05) is 43.8 Å². The Morgan fingerprint density at radius 1 is 1.14 bits per heavy atom. The summed E-state index contributed by atoms with van der Waals surface area (Å²) in [5.41, 5.74) is 3.10. The quantitative estimate of drug-likeness (QED) is 0.391. The van der Waals surface area contributed by atoms with Crippen LogP contribution >= 0.6 is 0 Å². The number of anilines is 1. The summed E-state index contributed by atoms with van der Waals surface area (Å²) in [7, 11) is 1.58. The average Bonchev–Trinajstić information content (AvgIpc) is 3.75. The molecule has 0 atom stereocenters. The lowest BCUT2D eigenvalue weighted by Crippen LogP contribution is -2.51. The number of halogens is 1. The highest BCUT2D eigenvalue weighted by Gasteiger charge is 2.29. The highest BCUT2D eigenvalue weighted by molar-refractivity contribution is 5.93. The Bertz CT molecular complexity index is 1440. The second-order valence-electron chi connectivity index (χ2n) is 9.06. The molecule has 10 nitrogen and oxygen atoms in total. The summed E-state index contributed by atoms with van der Waals surface area (Å²) in [6, 6.07) is 9.71. The monoisotopic (exact) mass is 507 g/mol. The standard InChI is InChI=1S/C26H26FN5O5/c1-37-18-6-2-16(3-7-18)14-28-29-26(36)31-10-8-30(9-11-31)23-13-22-19(12-21(23)27)24(33)20(25(34)35)15-32(22)17-4-5-17/h2-3,6-7,12-15,17H,4-5,8-11H2,1H3,(H,29,36)(H,34,35)/b28-14+. The van der Waals surface area contributed by atoms with Crippen molar-refractivity contribution in [3.05, 3.63) is 69.8 Å². The smallest absolute Gasteiger partial charge is 0.341 e. The topological polar surface area (TPSA) is 116 Å². The minimum absolute atomic E-state index is 0.0563. The molecule has 3 aromatic rings. The maximum atomic E-state index is 15.1. The van der Waals surface area contributed by atoms with Gasteiger partial charge in [0.2, 0.25) is 5.43 Å². The van der Waals surface area contributed by atoms with Crippen LogP contribution in [0.1, 0.15) is 34.8 Å². The van der Waals surface area contributed by atoms with Crippen LogP contribution in [-0.4, -0.2) is 66.1 Å². The summed E-state index contributed by atoms with van der Waals surface area (Å²) in [4.78, 5) is 40.2. The van der Waals surface area contributed by atoms with Gasteiger partial charge in [-0.1, -0.05) is 0 Å². The van der Waals surface area contributed by atoms with E-state index in [0.717, 1.165) is 30.2 Å². The molecule has 1 aliphatic heterocycles. The normalized spacial score (nSPS) is 15.8. The minimum Gasteiger partial charge on any atom is -0.497 e. The van der Waals surface area contributed by atoms with Gasteiger partial charge in [-0.3, -0.25) is 4.79 Å². The zero-order valence-electron chi connectivity index (χ0n) is 20.2. The Kier molecular flexibility index (Phi) is 6.51. The van der Waals surface area contributed by atoms with E-state index in [9.17, 15) is 19.5 Å². The molecule has 0 unspecified atom stereocenters. The molecule has 2 amide bonds. The lowest BCUT2D eigenvalue weighted by Gasteiger charge is -2.36. The van der Waals surface area contributed by atoms with E-state index in [1.807, 2.05) is 17.0 Å². The summed E-state index contributed by atoms with van der Waals surface area (Å²) in [5, 5.41) is 13.5. The van der Waals surface area contributed by atoms with Gasteiger partial charge in [0.25, 0.3) is 0 Å². The molecular weight excluding hydrogens is 481 g/mol. The second-order valence-corrected chi connectivity index (χ2v) is 9.06. The third kappa shape index (κ3) is 4.97. The molecule has 0 bridgehead atoms. The largest absolute Gasteiger partial charge is 0.497 e. The summed E-state index contributed by atoms with van der Waals surface area (Å²) < 4.78 is 22.0. The number of hydrogen-bond acceptors (Lipinski definition) is 6. The molecule has 2 heterocycles. The first-order chi connectivity index (χ1) is 17.9. The molecule has 1 saturated carbocycles. The van der Waals surface area contributed by atoms with Gasteiger partial charge in [0.15, 0.2) is 0 Å². The molecule has 5 rings (SSSR count). The molecule has 192 valence electrons. The van der Waals surface area contributed by atoms with Gasteiger partial charge in [-0.25, -0.2) is 19.4 Å². The van der Waals surface area contributed by atoms with Gasteiger partial charge < -0.3 is 24.2 Å². The number of fused-ring (bicyclic) bond motifs is 1. The number of carboxylic acid groups (broad SMARTS) is 1. The van der Waals surface area contributed by atoms with Crippen molar-refractivity contribution in [2.75, 3.05) is 38.2 Å². The van der Waals surface area contributed by atoms with E-state index >= 15 is 4.39 Å². The van der Waals surface area contributed by atoms with E-state index in [-0.39, 0.29) is 23.0 Å². The molecule has 1 aromatic heterocycles. The molecule has 2 aromatic carbocycles. The van der Waals surface area contributed by atoms with Crippen molar-refractivity contribution in [1.82, 2.24) is 14.9 Å². The number of amides is 2. The molecule has 1 saturated heterocycles. The molecule has 2 aliphatic rings. The molecular formula is C26H26FN5O5. The number of urea groups is 1. The van der Waals surface area contributed by atoms with Crippen molar-refractivity contribution in [3.63, 3.8) is 0 Å².